The van der Waals surface area contributed by atoms with Crippen molar-refractivity contribution >= 4 is 22.6 Å². The molecule has 0 fully saturated rings. The summed E-state index contributed by atoms with van der Waals surface area (Å²) in [6.07, 6.45) is 1.19. The van der Waals surface area contributed by atoms with Gasteiger partial charge in [-0.3, -0.25) is 4.79 Å². The van der Waals surface area contributed by atoms with Crippen molar-refractivity contribution in [2.45, 2.75) is 19.8 Å². The Morgan fingerprint density at radius 3 is 2.63 bits per heavy atom. The summed E-state index contributed by atoms with van der Waals surface area (Å²) >= 11 is 0. The third kappa shape index (κ3) is 3.90. The number of fused-ring (bicyclic) bond motifs is 1. The lowest BCUT2D eigenvalue weighted by molar-refractivity contribution is -0.116. The Hall–Kier alpha value is -3.40. The highest BCUT2D eigenvalue weighted by molar-refractivity contribution is 5.91. The van der Waals surface area contributed by atoms with E-state index in [1.54, 1.807) is 0 Å². The van der Waals surface area contributed by atoms with E-state index in [1.807, 2.05) is 66.7 Å². The van der Waals surface area contributed by atoms with E-state index in [1.165, 1.54) is 5.56 Å². The number of hydrogen-bond acceptors (Lipinski definition) is 2. The molecule has 1 heterocycles. The van der Waals surface area contributed by atoms with E-state index in [0.29, 0.717) is 6.42 Å². The number of rotatable bonds is 5. The Morgan fingerprint density at radius 2 is 1.81 bits per heavy atom. The van der Waals surface area contributed by atoms with Crippen molar-refractivity contribution in [2.24, 2.45) is 0 Å². The fourth-order valence-electron chi connectivity index (χ4n) is 3.18. The van der Waals surface area contributed by atoms with E-state index < -0.39 is 0 Å². The van der Waals surface area contributed by atoms with Crippen molar-refractivity contribution in [3.63, 3.8) is 0 Å². The van der Waals surface area contributed by atoms with Crippen LogP contribution in [0.5, 0.6) is 0 Å². The molecule has 3 aromatic carbocycles. The zero-order valence-electron chi connectivity index (χ0n) is 15.2. The van der Waals surface area contributed by atoms with Gasteiger partial charge >= 0.3 is 0 Å². The standard InChI is InChI=1S/C23H21N3O/c1-16-7-5-12-20-22(16)26-23(25-20)18-10-6-11-19(15-18)24-21(27)14-13-17-8-3-2-4-9-17/h2-12,15H,13-14H2,1H3,(H,24,27)(H,25,26). The van der Waals surface area contributed by atoms with Gasteiger partial charge < -0.3 is 10.3 Å². The van der Waals surface area contributed by atoms with Gasteiger partial charge in [-0.2, -0.15) is 0 Å². The molecule has 0 radical (unpaired) electrons. The summed E-state index contributed by atoms with van der Waals surface area (Å²) in [5.74, 6) is 0.816. The summed E-state index contributed by atoms with van der Waals surface area (Å²) in [6.45, 7) is 2.05. The number of carbonyl (C=O) groups is 1. The molecule has 0 aliphatic heterocycles. The zero-order chi connectivity index (χ0) is 18.6. The minimum Gasteiger partial charge on any atom is -0.338 e. The highest BCUT2D eigenvalue weighted by atomic mass is 16.1. The van der Waals surface area contributed by atoms with Crippen molar-refractivity contribution in [3.8, 4) is 11.4 Å². The Bertz CT molecular complexity index is 1080. The lowest BCUT2D eigenvalue weighted by atomic mass is 10.1. The quantitative estimate of drug-likeness (QED) is 0.523. The first-order valence-electron chi connectivity index (χ1n) is 9.08. The Balaban J connectivity index is 1.48. The molecule has 4 nitrogen and oxygen atoms in total. The van der Waals surface area contributed by atoms with Crippen LogP contribution in [-0.2, 0) is 11.2 Å². The second-order valence-electron chi connectivity index (χ2n) is 6.67. The van der Waals surface area contributed by atoms with E-state index >= 15 is 0 Å². The molecule has 0 aliphatic carbocycles. The second kappa shape index (κ2) is 7.46. The van der Waals surface area contributed by atoms with Gasteiger partial charge in [0.25, 0.3) is 0 Å². The second-order valence-corrected chi connectivity index (χ2v) is 6.67. The van der Waals surface area contributed by atoms with E-state index in [-0.39, 0.29) is 5.91 Å². The van der Waals surface area contributed by atoms with Crippen LogP contribution in [0.4, 0.5) is 5.69 Å². The van der Waals surface area contributed by atoms with E-state index in [4.69, 9.17) is 4.98 Å². The molecule has 0 bridgehead atoms. The Kier molecular flexibility index (Phi) is 4.71. The lowest BCUT2D eigenvalue weighted by Gasteiger charge is -2.07. The number of nitrogens with one attached hydrogen (secondary N) is 2. The van der Waals surface area contributed by atoms with Gasteiger partial charge in [0, 0.05) is 17.7 Å². The predicted molar refractivity (Wildman–Crippen MR) is 110 cm³/mol. The molecular weight excluding hydrogens is 334 g/mol. The highest BCUT2D eigenvalue weighted by Crippen LogP contribution is 2.24. The number of imidazole rings is 1. The van der Waals surface area contributed by atoms with Gasteiger partial charge in [-0.1, -0.05) is 54.6 Å². The van der Waals surface area contributed by atoms with Crippen LogP contribution in [0.2, 0.25) is 0 Å². The Labute approximate surface area is 158 Å². The first-order valence-corrected chi connectivity index (χ1v) is 9.08. The molecule has 1 aromatic heterocycles. The molecule has 2 N–H and O–H groups in total. The predicted octanol–water partition coefficient (Wildman–Crippen LogP) is 5.11. The molecule has 0 saturated carbocycles. The van der Waals surface area contributed by atoms with Gasteiger partial charge in [0.1, 0.15) is 5.82 Å². The number of aromatic amines is 1. The van der Waals surface area contributed by atoms with Gasteiger partial charge in [-0.15, -0.1) is 0 Å². The zero-order valence-corrected chi connectivity index (χ0v) is 15.2. The summed E-state index contributed by atoms with van der Waals surface area (Å²) in [4.78, 5) is 20.4. The molecule has 4 rings (SSSR count). The van der Waals surface area contributed by atoms with Crippen LogP contribution in [0.3, 0.4) is 0 Å². The minimum absolute atomic E-state index is 0.0106. The number of aromatic nitrogens is 2. The maximum atomic E-state index is 12.3. The normalized spacial score (nSPS) is 10.9. The minimum atomic E-state index is 0.0106. The average Bonchev–Trinajstić information content (AvgIpc) is 3.13. The van der Waals surface area contributed by atoms with Crippen LogP contribution >= 0.6 is 0 Å². The molecule has 134 valence electrons. The van der Waals surface area contributed by atoms with Gasteiger partial charge in [-0.05, 0) is 42.7 Å². The van der Waals surface area contributed by atoms with Crippen molar-refractivity contribution in [1.29, 1.82) is 0 Å². The number of carbonyl (C=O) groups excluding carboxylic acids is 1. The lowest BCUT2D eigenvalue weighted by Crippen LogP contribution is -2.12. The first-order chi connectivity index (χ1) is 13.2. The molecule has 0 aliphatic rings. The summed E-state index contributed by atoms with van der Waals surface area (Å²) in [5.41, 5.74) is 6.03. The Morgan fingerprint density at radius 1 is 1.00 bits per heavy atom. The summed E-state index contributed by atoms with van der Waals surface area (Å²) in [7, 11) is 0. The maximum Gasteiger partial charge on any atom is 0.224 e. The van der Waals surface area contributed by atoms with Crippen LogP contribution in [0.15, 0.2) is 72.8 Å². The summed E-state index contributed by atoms with van der Waals surface area (Å²) < 4.78 is 0. The first kappa shape index (κ1) is 17.0. The molecule has 0 spiro atoms. The topological polar surface area (TPSA) is 57.8 Å². The van der Waals surface area contributed by atoms with E-state index in [2.05, 4.69) is 23.3 Å². The van der Waals surface area contributed by atoms with E-state index in [0.717, 1.165) is 40.1 Å². The highest BCUT2D eigenvalue weighted by Gasteiger charge is 2.09. The number of hydrogen-bond donors (Lipinski definition) is 2. The SMILES string of the molecule is Cc1cccc2[nH]c(-c3cccc(NC(=O)CCc4ccccc4)c3)nc12. The number of aryl methyl sites for hydroxylation is 2. The van der Waals surface area contributed by atoms with Crippen LogP contribution in [0, 0.1) is 6.92 Å². The van der Waals surface area contributed by atoms with Crippen LogP contribution in [-0.4, -0.2) is 15.9 Å². The van der Waals surface area contributed by atoms with Crippen LogP contribution in [0.1, 0.15) is 17.5 Å². The average molecular weight is 355 g/mol. The van der Waals surface area contributed by atoms with Gasteiger partial charge in [-0.25, -0.2) is 4.98 Å². The van der Waals surface area contributed by atoms with Crippen molar-refractivity contribution in [2.75, 3.05) is 5.32 Å². The van der Waals surface area contributed by atoms with Gasteiger partial charge in [0.15, 0.2) is 0 Å². The van der Waals surface area contributed by atoms with Crippen molar-refractivity contribution in [3.05, 3.63) is 83.9 Å². The smallest absolute Gasteiger partial charge is 0.224 e. The van der Waals surface area contributed by atoms with Gasteiger partial charge in [0.05, 0.1) is 11.0 Å². The molecule has 4 heteroatoms. The number of H-pyrrole nitrogens is 1. The number of anilines is 1. The van der Waals surface area contributed by atoms with Crippen molar-refractivity contribution < 1.29 is 4.79 Å². The third-order valence-electron chi connectivity index (χ3n) is 4.62. The number of nitrogens with zero attached hydrogens (tertiary/aromatic N) is 1. The van der Waals surface area contributed by atoms with Crippen LogP contribution < -0.4 is 5.32 Å². The molecular formula is C23H21N3O. The fraction of sp³-hybridized carbons (Fsp3) is 0.130. The van der Waals surface area contributed by atoms with Gasteiger partial charge in [0.2, 0.25) is 5.91 Å². The molecule has 0 unspecified atom stereocenters. The number of benzene rings is 3. The molecule has 0 saturated heterocycles. The molecule has 27 heavy (non-hydrogen) atoms. The van der Waals surface area contributed by atoms with E-state index in [9.17, 15) is 4.79 Å². The monoisotopic (exact) mass is 355 g/mol. The number of para-hydroxylation sites is 1. The molecule has 0 atom stereocenters. The number of amides is 1. The molecule has 4 aromatic rings. The maximum absolute atomic E-state index is 12.3. The van der Waals surface area contributed by atoms with Crippen LogP contribution in [0.25, 0.3) is 22.4 Å². The van der Waals surface area contributed by atoms with Crippen molar-refractivity contribution in [1.82, 2.24) is 9.97 Å². The third-order valence-corrected chi connectivity index (χ3v) is 4.62. The molecule has 1 amide bonds. The fourth-order valence-corrected chi connectivity index (χ4v) is 3.18. The summed E-state index contributed by atoms with van der Waals surface area (Å²) in [6, 6.07) is 23.9. The largest absolute Gasteiger partial charge is 0.338 e. The summed E-state index contributed by atoms with van der Waals surface area (Å²) in [5, 5.41) is 2.99.